The van der Waals surface area contributed by atoms with E-state index in [0.29, 0.717) is 6.07 Å². The van der Waals surface area contributed by atoms with Crippen LogP contribution in [0.3, 0.4) is 0 Å². The molecular weight excluding hydrogens is 214 g/mol. The number of benzene rings is 1. The smallest absolute Gasteiger partial charge is 0.328 e. The van der Waals surface area contributed by atoms with Crippen molar-refractivity contribution in [3.05, 3.63) is 41.5 Å². The number of hydrogen-bond acceptors (Lipinski definition) is 1. The van der Waals surface area contributed by atoms with Crippen LogP contribution in [-0.2, 0) is 4.79 Å². The van der Waals surface area contributed by atoms with Crippen LogP contribution in [0.25, 0.3) is 6.08 Å². The third-order valence-corrected chi connectivity index (χ3v) is 1.37. The van der Waals surface area contributed by atoms with Crippen LogP contribution in [0.1, 0.15) is 5.56 Å². The summed E-state index contributed by atoms with van der Waals surface area (Å²) in [5, 5.41) is 8.24. The van der Waals surface area contributed by atoms with Gasteiger partial charge in [0.1, 0.15) is 11.6 Å². The molecule has 0 saturated carbocycles. The van der Waals surface area contributed by atoms with Crippen LogP contribution in [0.15, 0.2) is 24.3 Å². The Morgan fingerprint density at radius 2 is 2.00 bits per heavy atom. The molecule has 0 bridgehead atoms. The van der Waals surface area contributed by atoms with Crippen molar-refractivity contribution in [3.63, 3.8) is 0 Å². The van der Waals surface area contributed by atoms with Gasteiger partial charge >= 0.3 is 5.97 Å². The number of carboxylic acid groups (broad SMARTS) is 1. The van der Waals surface area contributed by atoms with Crippen molar-refractivity contribution in [1.29, 1.82) is 0 Å². The zero-order valence-corrected chi connectivity index (χ0v) is 7.72. The number of hydrogen-bond donors (Lipinski definition) is 1. The molecule has 5 heteroatoms. The van der Waals surface area contributed by atoms with Gasteiger partial charge in [-0.3, -0.25) is 0 Å². The molecule has 0 aliphatic carbocycles. The first-order valence-electron chi connectivity index (χ1n) is 3.45. The molecule has 0 saturated heterocycles. The Morgan fingerprint density at radius 3 is 2.50 bits per heavy atom. The van der Waals surface area contributed by atoms with Gasteiger partial charge in [0.15, 0.2) is 0 Å². The maximum Gasteiger partial charge on any atom is 0.328 e. The van der Waals surface area contributed by atoms with Crippen LogP contribution in [0.2, 0.25) is 0 Å². The Kier molecular flexibility index (Phi) is 4.80. The maximum absolute atomic E-state index is 12.8. The monoisotopic (exact) mass is 220 g/mol. The maximum atomic E-state index is 12.8. The van der Waals surface area contributed by atoms with Crippen LogP contribution in [0.4, 0.5) is 8.78 Å². The molecular formula is C9H7ClF2O2. The fourth-order valence-corrected chi connectivity index (χ4v) is 0.798. The van der Waals surface area contributed by atoms with Gasteiger partial charge in [-0.25, -0.2) is 13.6 Å². The predicted octanol–water partition coefficient (Wildman–Crippen LogP) is 2.48. The van der Waals surface area contributed by atoms with E-state index in [1.54, 1.807) is 0 Å². The van der Waals surface area contributed by atoms with E-state index in [2.05, 4.69) is 0 Å². The van der Waals surface area contributed by atoms with Crippen molar-refractivity contribution in [2.75, 3.05) is 0 Å². The second-order valence-electron chi connectivity index (χ2n) is 2.34. The third-order valence-electron chi connectivity index (χ3n) is 1.37. The average Bonchev–Trinajstić information content (AvgIpc) is 2.02. The molecule has 2 nitrogen and oxygen atoms in total. The lowest BCUT2D eigenvalue weighted by molar-refractivity contribution is -0.131. The molecule has 0 spiro atoms. The zero-order chi connectivity index (χ0) is 9.84. The van der Waals surface area contributed by atoms with E-state index in [4.69, 9.17) is 5.11 Å². The summed E-state index contributed by atoms with van der Waals surface area (Å²) >= 11 is 0. The fourth-order valence-electron chi connectivity index (χ4n) is 0.798. The van der Waals surface area contributed by atoms with Crippen molar-refractivity contribution in [1.82, 2.24) is 0 Å². The molecule has 0 fully saturated rings. The molecule has 0 aromatic heterocycles. The second-order valence-corrected chi connectivity index (χ2v) is 2.34. The molecule has 0 aliphatic heterocycles. The molecule has 1 aromatic carbocycles. The molecule has 1 N–H and O–H groups in total. The predicted molar refractivity (Wildman–Crippen MR) is 50.3 cm³/mol. The number of carbonyl (C=O) groups is 1. The SMILES string of the molecule is Cl.O=C(O)C=Cc1ccc(F)cc1F. The Balaban J connectivity index is 0.00000169. The number of carboxylic acids is 1. The van der Waals surface area contributed by atoms with Gasteiger partial charge in [0.25, 0.3) is 0 Å². The minimum atomic E-state index is -1.18. The zero-order valence-electron chi connectivity index (χ0n) is 6.91. The van der Waals surface area contributed by atoms with Crippen LogP contribution in [0.5, 0.6) is 0 Å². The summed E-state index contributed by atoms with van der Waals surface area (Å²) in [6.45, 7) is 0. The highest BCUT2D eigenvalue weighted by Gasteiger charge is 2.00. The van der Waals surface area contributed by atoms with E-state index in [9.17, 15) is 13.6 Å². The molecule has 76 valence electrons. The molecule has 0 heterocycles. The largest absolute Gasteiger partial charge is 0.478 e. The molecule has 0 amide bonds. The molecule has 0 atom stereocenters. The summed E-state index contributed by atoms with van der Waals surface area (Å²) in [5.41, 5.74) is 0.0452. The molecule has 0 radical (unpaired) electrons. The van der Waals surface area contributed by atoms with Gasteiger partial charge in [-0.2, -0.15) is 0 Å². The van der Waals surface area contributed by atoms with Crippen LogP contribution in [-0.4, -0.2) is 11.1 Å². The normalized spacial score (nSPS) is 9.86. The highest BCUT2D eigenvalue weighted by molar-refractivity contribution is 5.85. The van der Waals surface area contributed by atoms with Gasteiger partial charge in [-0.05, 0) is 18.2 Å². The van der Waals surface area contributed by atoms with Gasteiger partial charge in [0.2, 0.25) is 0 Å². The van der Waals surface area contributed by atoms with Crippen LogP contribution >= 0.6 is 12.4 Å². The third kappa shape index (κ3) is 3.53. The number of rotatable bonds is 2. The van der Waals surface area contributed by atoms with Crippen molar-refractivity contribution in [2.45, 2.75) is 0 Å². The standard InChI is InChI=1S/C9H6F2O2.ClH/c10-7-3-1-6(8(11)5-7)2-4-9(12)13;/h1-5H,(H,12,13);1H. The average molecular weight is 221 g/mol. The summed E-state index contributed by atoms with van der Waals surface area (Å²) < 4.78 is 25.2. The van der Waals surface area contributed by atoms with Gasteiger partial charge in [0.05, 0.1) is 0 Å². The van der Waals surface area contributed by atoms with Gasteiger partial charge in [-0.1, -0.05) is 0 Å². The quantitative estimate of drug-likeness (QED) is 0.778. The summed E-state index contributed by atoms with van der Waals surface area (Å²) in [5.74, 6) is -2.65. The first-order chi connectivity index (χ1) is 6.09. The number of halogens is 3. The molecule has 0 aliphatic rings. The van der Waals surface area contributed by atoms with Crippen molar-refractivity contribution in [2.24, 2.45) is 0 Å². The van der Waals surface area contributed by atoms with Gasteiger partial charge < -0.3 is 5.11 Å². The first-order valence-corrected chi connectivity index (χ1v) is 3.45. The van der Waals surface area contributed by atoms with E-state index in [1.807, 2.05) is 0 Å². The van der Waals surface area contributed by atoms with Crippen molar-refractivity contribution in [3.8, 4) is 0 Å². The topological polar surface area (TPSA) is 37.3 Å². The summed E-state index contributed by atoms with van der Waals surface area (Å²) in [6.07, 6.45) is 1.85. The minimum Gasteiger partial charge on any atom is -0.478 e. The van der Waals surface area contributed by atoms with Crippen LogP contribution < -0.4 is 0 Å². The number of aliphatic carboxylic acids is 1. The van der Waals surface area contributed by atoms with E-state index in [1.165, 1.54) is 6.07 Å². The van der Waals surface area contributed by atoms with E-state index in [-0.39, 0.29) is 18.0 Å². The summed E-state index contributed by atoms with van der Waals surface area (Å²) in [7, 11) is 0. The Labute approximate surface area is 85.3 Å². The van der Waals surface area contributed by atoms with Crippen molar-refractivity contribution < 1.29 is 18.7 Å². The minimum absolute atomic E-state index is 0. The van der Waals surface area contributed by atoms with Gasteiger partial charge in [0, 0.05) is 17.7 Å². The Hall–Kier alpha value is -1.42. The Morgan fingerprint density at radius 1 is 1.36 bits per heavy atom. The molecule has 1 aromatic rings. The van der Waals surface area contributed by atoms with E-state index >= 15 is 0 Å². The Bertz CT molecular complexity index is 364. The summed E-state index contributed by atoms with van der Waals surface area (Å²) in [4.78, 5) is 10.1. The highest BCUT2D eigenvalue weighted by Crippen LogP contribution is 2.10. The fraction of sp³-hybridized carbons (Fsp3) is 0. The molecule has 14 heavy (non-hydrogen) atoms. The lowest BCUT2D eigenvalue weighted by Gasteiger charge is -1.95. The first kappa shape index (κ1) is 12.6. The van der Waals surface area contributed by atoms with Crippen molar-refractivity contribution >= 4 is 24.5 Å². The van der Waals surface area contributed by atoms with E-state index in [0.717, 1.165) is 18.2 Å². The lowest BCUT2D eigenvalue weighted by Crippen LogP contribution is -1.88. The molecule has 0 unspecified atom stereocenters. The molecule has 1 rings (SSSR count). The summed E-state index contributed by atoms with van der Waals surface area (Å²) in [6, 6.07) is 2.93. The van der Waals surface area contributed by atoms with E-state index < -0.39 is 17.6 Å². The van der Waals surface area contributed by atoms with Gasteiger partial charge in [-0.15, -0.1) is 12.4 Å². The highest BCUT2D eigenvalue weighted by atomic mass is 35.5. The second kappa shape index (κ2) is 5.34. The lowest BCUT2D eigenvalue weighted by atomic mass is 10.2. The van der Waals surface area contributed by atoms with Crippen LogP contribution in [0, 0.1) is 11.6 Å².